The third-order valence-corrected chi connectivity index (χ3v) is 3.37. The van der Waals surface area contributed by atoms with Gasteiger partial charge in [0.1, 0.15) is 11.6 Å². The molecule has 0 radical (unpaired) electrons. The van der Waals surface area contributed by atoms with Gasteiger partial charge in [0.05, 0.1) is 6.04 Å². The van der Waals surface area contributed by atoms with Crippen molar-refractivity contribution < 1.29 is 8.78 Å². The zero-order valence-electron chi connectivity index (χ0n) is 12.0. The van der Waals surface area contributed by atoms with Gasteiger partial charge in [0, 0.05) is 5.56 Å². The Balaban J connectivity index is 2.51. The first kappa shape index (κ1) is 14.7. The zero-order valence-corrected chi connectivity index (χ0v) is 12.0. The zero-order chi connectivity index (χ0) is 14.7. The van der Waals surface area contributed by atoms with Crippen LogP contribution in [-0.2, 0) is 0 Å². The smallest absolute Gasteiger partial charge is 0.128 e. The summed E-state index contributed by atoms with van der Waals surface area (Å²) < 4.78 is 27.9. The standard InChI is InChI=1S/C17H19F2N/c1-4-20-17(13-7-5-6-11(2)8-13)14-10-15(18)12(3)9-16(14)19/h5-10,17,20H,4H2,1-3H3. The number of hydrogen-bond acceptors (Lipinski definition) is 1. The van der Waals surface area contributed by atoms with E-state index < -0.39 is 0 Å². The van der Waals surface area contributed by atoms with E-state index >= 15 is 0 Å². The average Bonchev–Trinajstić information content (AvgIpc) is 2.40. The third-order valence-electron chi connectivity index (χ3n) is 3.37. The molecule has 0 aliphatic rings. The quantitative estimate of drug-likeness (QED) is 0.878. The van der Waals surface area contributed by atoms with Crippen LogP contribution in [0.1, 0.15) is 35.2 Å². The van der Waals surface area contributed by atoms with Gasteiger partial charge in [0.25, 0.3) is 0 Å². The van der Waals surface area contributed by atoms with E-state index in [0.717, 1.165) is 11.1 Å². The van der Waals surface area contributed by atoms with E-state index in [2.05, 4.69) is 5.32 Å². The fourth-order valence-electron chi connectivity index (χ4n) is 2.34. The monoisotopic (exact) mass is 275 g/mol. The van der Waals surface area contributed by atoms with Gasteiger partial charge in [0.15, 0.2) is 0 Å². The van der Waals surface area contributed by atoms with E-state index in [1.54, 1.807) is 6.92 Å². The minimum atomic E-state index is -0.378. The summed E-state index contributed by atoms with van der Waals surface area (Å²) in [5.74, 6) is -0.756. The molecule has 0 fully saturated rings. The molecule has 0 amide bonds. The molecule has 1 atom stereocenters. The lowest BCUT2D eigenvalue weighted by Gasteiger charge is -2.20. The first-order valence-corrected chi connectivity index (χ1v) is 6.78. The summed E-state index contributed by atoms with van der Waals surface area (Å²) in [6.45, 7) is 6.18. The second-order valence-electron chi connectivity index (χ2n) is 5.03. The van der Waals surface area contributed by atoms with Crippen LogP contribution >= 0.6 is 0 Å². The van der Waals surface area contributed by atoms with Crippen molar-refractivity contribution in [3.05, 3.63) is 70.3 Å². The summed E-state index contributed by atoms with van der Waals surface area (Å²) in [5, 5.41) is 3.22. The second kappa shape index (κ2) is 6.14. The van der Waals surface area contributed by atoms with E-state index in [1.165, 1.54) is 12.1 Å². The van der Waals surface area contributed by atoms with Gasteiger partial charge in [0.2, 0.25) is 0 Å². The van der Waals surface area contributed by atoms with E-state index in [1.807, 2.05) is 38.1 Å². The van der Waals surface area contributed by atoms with Crippen LogP contribution in [0.3, 0.4) is 0 Å². The van der Waals surface area contributed by atoms with Gasteiger partial charge in [-0.1, -0.05) is 36.8 Å². The van der Waals surface area contributed by atoms with E-state index in [4.69, 9.17) is 0 Å². The molecule has 2 aromatic rings. The highest BCUT2D eigenvalue weighted by molar-refractivity contribution is 5.36. The van der Waals surface area contributed by atoms with Crippen molar-refractivity contribution in [1.82, 2.24) is 5.32 Å². The van der Waals surface area contributed by atoms with Crippen molar-refractivity contribution in [2.45, 2.75) is 26.8 Å². The number of benzene rings is 2. The molecule has 2 rings (SSSR count). The lowest BCUT2D eigenvalue weighted by Crippen LogP contribution is -2.23. The van der Waals surface area contributed by atoms with Crippen LogP contribution < -0.4 is 5.32 Å². The molecule has 106 valence electrons. The number of hydrogen-bond donors (Lipinski definition) is 1. The SMILES string of the molecule is CCNC(c1cccc(C)c1)c1cc(F)c(C)cc1F. The van der Waals surface area contributed by atoms with Crippen molar-refractivity contribution in [2.75, 3.05) is 6.54 Å². The minimum absolute atomic E-state index is 0.325. The Bertz CT molecular complexity index is 608. The molecule has 0 aromatic heterocycles. The van der Waals surface area contributed by atoms with Crippen molar-refractivity contribution in [2.24, 2.45) is 0 Å². The molecule has 1 unspecified atom stereocenters. The Labute approximate surface area is 118 Å². The summed E-state index contributed by atoms with van der Waals surface area (Å²) in [6, 6.07) is 10.0. The first-order chi connectivity index (χ1) is 9.52. The molecule has 0 heterocycles. The van der Waals surface area contributed by atoms with Gasteiger partial charge in [-0.05, 0) is 43.7 Å². The molecule has 20 heavy (non-hydrogen) atoms. The summed E-state index contributed by atoms with van der Waals surface area (Å²) in [6.07, 6.45) is 0. The van der Waals surface area contributed by atoms with Crippen molar-refractivity contribution in [3.63, 3.8) is 0 Å². The topological polar surface area (TPSA) is 12.0 Å². The van der Waals surface area contributed by atoms with Crippen molar-refractivity contribution in [1.29, 1.82) is 0 Å². The predicted octanol–water partition coefficient (Wildman–Crippen LogP) is 4.28. The van der Waals surface area contributed by atoms with Gasteiger partial charge in [-0.15, -0.1) is 0 Å². The molecule has 1 N–H and O–H groups in total. The van der Waals surface area contributed by atoms with Crippen LogP contribution in [0.5, 0.6) is 0 Å². The highest BCUT2D eigenvalue weighted by Gasteiger charge is 2.19. The van der Waals surface area contributed by atoms with Gasteiger partial charge in [-0.3, -0.25) is 0 Å². The Hall–Kier alpha value is -1.74. The lowest BCUT2D eigenvalue weighted by atomic mass is 9.96. The summed E-state index contributed by atoms with van der Waals surface area (Å²) >= 11 is 0. The molecular formula is C17H19F2N. The molecule has 1 nitrogen and oxygen atoms in total. The minimum Gasteiger partial charge on any atom is -0.306 e. The largest absolute Gasteiger partial charge is 0.306 e. The van der Waals surface area contributed by atoms with Crippen LogP contribution in [0.15, 0.2) is 36.4 Å². The van der Waals surface area contributed by atoms with Crippen LogP contribution in [-0.4, -0.2) is 6.54 Å². The predicted molar refractivity (Wildman–Crippen MR) is 77.8 cm³/mol. The van der Waals surface area contributed by atoms with Crippen LogP contribution in [0, 0.1) is 25.5 Å². The molecule has 2 aromatic carbocycles. The van der Waals surface area contributed by atoms with E-state index in [-0.39, 0.29) is 17.7 Å². The highest BCUT2D eigenvalue weighted by atomic mass is 19.1. The number of aryl methyl sites for hydroxylation is 2. The maximum absolute atomic E-state index is 14.2. The number of halogens is 2. The number of nitrogens with one attached hydrogen (secondary N) is 1. The summed E-state index contributed by atoms with van der Waals surface area (Å²) in [5.41, 5.74) is 2.71. The van der Waals surface area contributed by atoms with E-state index in [0.29, 0.717) is 17.7 Å². The molecule has 3 heteroatoms. The maximum atomic E-state index is 14.2. The van der Waals surface area contributed by atoms with Gasteiger partial charge in [-0.2, -0.15) is 0 Å². The van der Waals surface area contributed by atoms with Gasteiger partial charge >= 0.3 is 0 Å². The van der Waals surface area contributed by atoms with Gasteiger partial charge < -0.3 is 5.32 Å². The fraction of sp³-hybridized carbons (Fsp3) is 0.294. The number of rotatable bonds is 4. The lowest BCUT2D eigenvalue weighted by molar-refractivity contribution is 0.541. The molecule has 0 bridgehead atoms. The Morgan fingerprint density at radius 3 is 2.45 bits per heavy atom. The molecule has 0 saturated carbocycles. The van der Waals surface area contributed by atoms with Crippen LogP contribution in [0.2, 0.25) is 0 Å². The Morgan fingerprint density at radius 2 is 1.80 bits per heavy atom. The Morgan fingerprint density at radius 1 is 1.05 bits per heavy atom. The Kier molecular flexibility index (Phi) is 4.50. The van der Waals surface area contributed by atoms with E-state index in [9.17, 15) is 8.78 Å². The van der Waals surface area contributed by atoms with Crippen molar-refractivity contribution in [3.8, 4) is 0 Å². The normalized spacial score (nSPS) is 12.4. The summed E-state index contributed by atoms with van der Waals surface area (Å²) in [7, 11) is 0. The second-order valence-corrected chi connectivity index (χ2v) is 5.03. The summed E-state index contributed by atoms with van der Waals surface area (Å²) in [4.78, 5) is 0. The first-order valence-electron chi connectivity index (χ1n) is 6.78. The maximum Gasteiger partial charge on any atom is 0.128 e. The highest BCUT2D eigenvalue weighted by Crippen LogP contribution is 2.27. The van der Waals surface area contributed by atoms with Crippen molar-refractivity contribution >= 4 is 0 Å². The molecule has 0 aliphatic heterocycles. The molecule has 0 saturated heterocycles. The fourth-order valence-corrected chi connectivity index (χ4v) is 2.34. The molecule has 0 spiro atoms. The van der Waals surface area contributed by atoms with Crippen LogP contribution in [0.4, 0.5) is 8.78 Å². The molecule has 0 aliphatic carbocycles. The third kappa shape index (κ3) is 3.05. The van der Waals surface area contributed by atoms with Gasteiger partial charge in [-0.25, -0.2) is 8.78 Å². The average molecular weight is 275 g/mol. The van der Waals surface area contributed by atoms with Crippen LogP contribution in [0.25, 0.3) is 0 Å². The molecular weight excluding hydrogens is 256 g/mol.